The number of amides is 1. The predicted octanol–water partition coefficient (Wildman–Crippen LogP) is 4.71. The molecule has 8 heteroatoms. The summed E-state index contributed by atoms with van der Waals surface area (Å²) in [6.45, 7) is 1.82. The van der Waals surface area contributed by atoms with Gasteiger partial charge in [-0.2, -0.15) is 5.10 Å². The summed E-state index contributed by atoms with van der Waals surface area (Å²) in [6.07, 6.45) is 6.14. The number of benzene rings is 2. The fraction of sp³-hybridized carbons (Fsp3) is 0.240. The van der Waals surface area contributed by atoms with Gasteiger partial charge in [0.15, 0.2) is 0 Å². The minimum Gasteiger partial charge on any atom is -0.325 e. The molecule has 1 saturated heterocycles. The largest absolute Gasteiger partial charge is 0.325 e. The fourth-order valence-corrected chi connectivity index (χ4v) is 5.22. The summed E-state index contributed by atoms with van der Waals surface area (Å²) in [5, 5.41) is 11.5. The molecule has 1 unspecified atom stereocenters. The minimum atomic E-state index is -0.579. The molecule has 33 heavy (non-hydrogen) atoms. The molecule has 4 aromatic rings. The standard InChI is InChI=1S/C25H24FN5OS/c1-33-25(10-13-31(16-25)15-18-4-2-3-5-21(18)26)24(32)28-19-6-7-22-20(14-19)23(30-29-22)17-8-11-27-12-9-17/h2-9,11-12,14H,10,13,15-16H2,1H3,(H,28,32)(H,29,30). The Kier molecular flexibility index (Phi) is 5.86. The number of nitrogens with one attached hydrogen (secondary N) is 2. The van der Waals surface area contributed by atoms with E-state index in [1.165, 1.54) is 6.07 Å². The number of anilines is 1. The SMILES string of the molecule is CSC1(C(=O)Nc2ccc3[nH]nc(-c4ccncc4)c3c2)CCN(Cc2ccccc2F)C1. The van der Waals surface area contributed by atoms with Gasteiger partial charge < -0.3 is 5.32 Å². The molecular formula is C25H24FN5OS. The van der Waals surface area contributed by atoms with Gasteiger partial charge in [0.25, 0.3) is 0 Å². The Morgan fingerprint density at radius 3 is 2.82 bits per heavy atom. The highest BCUT2D eigenvalue weighted by Gasteiger charge is 2.44. The zero-order valence-corrected chi connectivity index (χ0v) is 19.0. The van der Waals surface area contributed by atoms with E-state index in [0.29, 0.717) is 25.1 Å². The summed E-state index contributed by atoms with van der Waals surface area (Å²) < 4.78 is 13.5. The number of carbonyl (C=O) groups excluding carboxylic acids is 1. The Labute approximate surface area is 195 Å². The van der Waals surface area contributed by atoms with E-state index in [9.17, 15) is 9.18 Å². The van der Waals surface area contributed by atoms with Gasteiger partial charge in [-0.3, -0.25) is 19.8 Å². The van der Waals surface area contributed by atoms with Gasteiger partial charge in [0.1, 0.15) is 16.3 Å². The van der Waals surface area contributed by atoms with Gasteiger partial charge in [-0.1, -0.05) is 18.2 Å². The van der Waals surface area contributed by atoms with Crippen LogP contribution in [0.3, 0.4) is 0 Å². The molecule has 0 spiro atoms. The number of halogens is 1. The second-order valence-corrected chi connectivity index (χ2v) is 9.46. The van der Waals surface area contributed by atoms with E-state index < -0.39 is 4.75 Å². The van der Waals surface area contributed by atoms with Crippen molar-refractivity contribution in [1.82, 2.24) is 20.1 Å². The number of aromatic amines is 1. The molecule has 0 bridgehead atoms. The zero-order chi connectivity index (χ0) is 22.8. The normalized spacial score (nSPS) is 18.6. The molecule has 2 aromatic heterocycles. The third-order valence-corrected chi connectivity index (χ3v) is 7.54. The van der Waals surface area contributed by atoms with Gasteiger partial charge in [0, 0.05) is 54.2 Å². The Hall–Kier alpha value is -3.23. The summed E-state index contributed by atoms with van der Waals surface area (Å²) in [4.78, 5) is 19.6. The number of thioether (sulfide) groups is 1. The van der Waals surface area contributed by atoms with Crippen molar-refractivity contribution in [2.45, 2.75) is 17.7 Å². The van der Waals surface area contributed by atoms with Crippen LogP contribution in [0.25, 0.3) is 22.2 Å². The van der Waals surface area contributed by atoms with Crippen molar-refractivity contribution in [1.29, 1.82) is 0 Å². The van der Waals surface area contributed by atoms with Crippen LogP contribution in [0.2, 0.25) is 0 Å². The monoisotopic (exact) mass is 461 g/mol. The van der Waals surface area contributed by atoms with Crippen molar-refractivity contribution in [2.24, 2.45) is 0 Å². The van der Waals surface area contributed by atoms with E-state index in [4.69, 9.17) is 0 Å². The van der Waals surface area contributed by atoms with Crippen LogP contribution in [-0.4, -0.2) is 50.1 Å². The van der Waals surface area contributed by atoms with Crippen LogP contribution in [0.1, 0.15) is 12.0 Å². The first-order valence-corrected chi connectivity index (χ1v) is 12.0. The summed E-state index contributed by atoms with van der Waals surface area (Å²) in [6, 6.07) is 16.4. The Morgan fingerprint density at radius 2 is 2.03 bits per heavy atom. The molecule has 0 aliphatic carbocycles. The molecule has 2 aromatic carbocycles. The van der Waals surface area contributed by atoms with Gasteiger partial charge in [-0.25, -0.2) is 4.39 Å². The summed E-state index contributed by atoms with van der Waals surface area (Å²) >= 11 is 1.56. The molecule has 1 aliphatic rings. The van der Waals surface area contributed by atoms with Crippen LogP contribution in [0, 0.1) is 5.82 Å². The lowest BCUT2D eigenvalue weighted by atomic mass is 10.1. The van der Waals surface area contributed by atoms with Gasteiger partial charge in [0.2, 0.25) is 5.91 Å². The van der Waals surface area contributed by atoms with E-state index in [-0.39, 0.29) is 11.7 Å². The van der Waals surface area contributed by atoms with Gasteiger partial charge in [-0.05, 0) is 49.1 Å². The maximum Gasteiger partial charge on any atom is 0.241 e. The molecule has 1 atom stereocenters. The van der Waals surface area contributed by atoms with Crippen LogP contribution in [-0.2, 0) is 11.3 Å². The number of nitrogens with zero attached hydrogens (tertiary/aromatic N) is 3. The van der Waals surface area contributed by atoms with E-state index >= 15 is 0 Å². The maximum absolute atomic E-state index is 14.1. The lowest BCUT2D eigenvalue weighted by Gasteiger charge is -2.26. The summed E-state index contributed by atoms with van der Waals surface area (Å²) in [5.74, 6) is -0.235. The Morgan fingerprint density at radius 1 is 1.21 bits per heavy atom. The molecule has 1 amide bonds. The first-order chi connectivity index (χ1) is 16.1. The zero-order valence-electron chi connectivity index (χ0n) is 18.2. The number of carbonyl (C=O) groups is 1. The number of aromatic nitrogens is 3. The number of hydrogen-bond donors (Lipinski definition) is 2. The van der Waals surface area contributed by atoms with Crippen molar-refractivity contribution in [2.75, 3.05) is 24.7 Å². The number of H-pyrrole nitrogens is 1. The summed E-state index contributed by atoms with van der Waals surface area (Å²) in [5.41, 5.74) is 4.06. The van der Waals surface area contributed by atoms with Crippen molar-refractivity contribution in [3.8, 4) is 11.3 Å². The number of rotatable bonds is 6. The van der Waals surface area contributed by atoms with Gasteiger partial charge in [0.05, 0.1) is 5.52 Å². The van der Waals surface area contributed by atoms with E-state index in [2.05, 4.69) is 25.4 Å². The first-order valence-electron chi connectivity index (χ1n) is 10.8. The van der Waals surface area contributed by atoms with Crippen LogP contribution >= 0.6 is 11.8 Å². The molecule has 6 nitrogen and oxygen atoms in total. The maximum atomic E-state index is 14.1. The molecule has 0 saturated carbocycles. The van der Waals surface area contributed by atoms with Crippen LogP contribution in [0.5, 0.6) is 0 Å². The van der Waals surface area contributed by atoms with E-state index in [1.54, 1.807) is 36.3 Å². The lowest BCUT2D eigenvalue weighted by molar-refractivity contribution is -0.118. The fourth-order valence-electron chi connectivity index (χ4n) is 4.37. The highest BCUT2D eigenvalue weighted by atomic mass is 32.2. The average molecular weight is 462 g/mol. The van der Waals surface area contributed by atoms with Crippen LogP contribution in [0.4, 0.5) is 10.1 Å². The topological polar surface area (TPSA) is 73.9 Å². The molecule has 3 heterocycles. The van der Waals surface area contributed by atoms with E-state index in [1.807, 2.05) is 42.7 Å². The van der Waals surface area contributed by atoms with E-state index in [0.717, 1.165) is 34.4 Å². The highest BCUT2D eigenvalue weighted by Crippen LogP contribution is 2.36. The number of pyridine rings is 1. The minimum absolute atomic E-state index is 0.0284. The van der Waals surface area contributed by atoms with Gasteiger partial charge in [-0.15, -0.1) is 11.8 Å². The highest BCUT2D eigenvalue weighted by molar-refractivity contribution is 8.00. The van der Waals surface area contributed by atoms with Crippen molar-refractivity contribution >= 4 is 34.3 Å². The number of hydrogen-bond acceptors (Lipinski definition) is 5. The smallest absolute Gasteiger partial charge is 0.241 e. The number of likely N-dealkylation sites (tertiary alicyclic amines) is 1. The second kappa shape index (κ2) is 8.96. The molecular weight excluding hydrogens is 437 g/mol. The van der Waals surface area contributed by atoms with Gasteiger partial charge >= 0.3 is 0 Å². The predicted molar refractivity (Wildman–Crippen MR) is 130 cm³/mol. The molecule has 1 aliphatic heterocycles. The molecule has 0 radical (unpaired) electrons. The third-order valence-electron chi connectivity index (χ3n) is 6.24. The quantitative estimate of drug-likeness (QED) is 0.435. The second-order valence-electron chi connectivity index (χ2n) is 8.27. The molecule has 168 valence electrons. The Balaban J connectivity index is 1.34. The lowest BCUT2D eigenvalue weighted by Crippen LogP contribution is -2.42. The van der Waals surface area contributed by atoms with Crippen LogP contribution < -0.4 is 5.32 Å². The Bertz CT molecular complexity index is 1290. The average Bonchev–Trinajstić information content (AvgIpc) is 3.46. The van der Waals surface area contributed by atoms with Crippen molar-refractivity contribution < 1.29 is 9.18 Å². The molecule has 1 fully saturated rings. The first kappa shape index (κ1) is 21.6. The summed E-state index contributed by atoms with van der Waals surface area (Å²) in [7, 11) is 0. The van der Waals surface area contributed by atoms with Crippen molar-refractivity contribution in [3.63, 3.8) is 0 Å². The number of fused-ring (bicyclic) bond motifs is 1. The molecule has 2 N–H and O–H groups in total. The molecule has 5 rings (SSSR count). The third kappa shape index (κ3) is 4.24. The van der Waals surface area contributed by atoms with Crippen molar-refractivity contribution in [3.05, 3.63) is 78.4 Å². The van der Waals surface area contributed by atoms with Crippen LogP contribution in [0.15, 0.2) is 67.0 Å².